The van der Waals surface area contributed by atoms with Gasteiger partial charge in [-0.1, -0.05) is 26.3 Å². The Hall–Kier alpha value is -1.25. The molecule has 1 saturated carbocycles. The summed E-state index contributed by atoms with van der Waals surface area (Å²) in [4.78, 5) is 4.59. The molecule has 2 N–H and O–H groups in total. The zero-order chi connectivity index (χ0) is 13.0. The molecule has 1 aliphatic carbocycles. The first-order valence-electron chi connectivity index (χ1n) is 7.22. The lowest BCUT2D eigenvalue weighted by Gasteiger charge is -2.21. The van der Waals surface area contributed by atoms with Gasteiger partial charge in [0.25, 0.3) is 0 Å². The maximum Gasteiger partial charge on any atom is 0.128 e. The highest BCUT2D eigenvalue weighted by Crippen LogP contribution is 2.35. The van der Waals surface area contributed by atoms with Crippen LogP contribution < -0.4 is 10.6 Å². The van der Waals surface area contributed by atoms with Crippen LogP contribution in [0.3, 0.4) is 0 Å². The zero-order valence-electron chi connectivity index (χ0n) is 11.7. The van der Waals surface area contributed by atoms with Crippen molar-refractivity contribution in [2.75, 3.05) is 17.2 Å². The Labute approximate surface area is 110 Å². The predicted molar refractivity (Wildman–Crippen MR) is 78.0 cm³/mol. The lowest BCUT2D eigenvalue weighted by atomic mass is 9.93. The van der Waals surface area contributed by atoms with Crippen LogP contribution in [0.4, 0.5) is 11.6 Å². The molecule has 1 fully saturated rings. The smallest absolute Gasteiger partial charge is 0.128 e. The third-order valence-electron chi connectivity index (χ3n) is 4.19. The number of aromatic nitrogens is 1. The second kappa shape index (κ2) is 6.07. The van der Waals surface area contributed by atoms with Gasteiger partial charge in [0, 0.05) is 12.6 Å². The molecular formula is C15H25N3. The molecule has 18 heavy (non-hydrogen) atoms. The van der Waals surface area contributed by atoms with Crippen LogP contribution in [-0.4, -0.2) is 17.6 Å². The second-order valence-corrected chi connectivity index (χ2v) is 5.29. The van der Waals surface area contributed by atoms with Gasteiger partial charge in [-0.2, -0.15) is 0 Å². The molecule has 3 heteroatoms. The van der Waals surface area contributed by atoms with Crippen molar-refractivity contribution in [1.82, 2.24) is 4.98 Å². The van der Waals surface area contributed by atoms with Crippen LogP contribution in [0.2, 0.25) is 0 Å². The van der Waals surface area contributed by atoms with Gasteiger partial charge >= 0.3 is 0 Å². The average Bonchev–Trinajstić information content (AvgIpc) is 2.71. The van der Waals surface area contributed by atoms with Crippen LogP contribution in [0, 0.1) is 11.8 Å². The van der Waals surface area contributed by atoms with E-state index in [4.69, 9.17) is 0 Å². The van der Waals surface area contributed by atoms with Crippen LogP contribution in [0.15, 0.2) is 18.2 Å². The quantitative estimate of drug-likeness (QED) is 0.832. The van der Waals surface area contributed by atoms with E-state index in [0.717, 1.165) is 30.0 Å². The fourth-order valence-electron chi connectivity index (χ4n) is 3.01. The molecule has 1 aromatic heterocycles. The summed E-state index contributed by atoms with van der Waals surface area (Å²) in [7, 11) is 0. The van der Waals surface area contributed by atoms with Crippen molar-refractivity contribution in [3.63, 3.8) is 0 Å². The Morgan fingerprint density at radius 2 is 2.00 bits per heavy atom. The second-order valence-electron chi connectivity index (χ2n) is 5.29. The third kappa shape index (κ3) is 2.95. The molecular weight excluding hydrogens is 222 g/mol. The Balaban J connectivity index is 1.99. The van der Waals surface area contributed by atoms with Crippen molar-refractivity contribution in [2.24, 2.45) is 11.8 Å². The molecule has 1 aromatic rings. The van der Waals surface area contributed by atoms with Gasteiger partial charge in [-0.25, -0.2) is 4.98 Å². The van der Waals surface area contributed by atoms with E-state index in [0.29, 0.717) is 6.04 Å². The van der Waals surface area contributed by atoms with Crippen LogP contribution in [0.1, 0.15) is 40.0 Å². The number of hydrogen-bond donors (Lipinski definition) is 2. The average molecular weight is 247 g/mol. The minimum Gasteiger partial charge on any atom is -0.370 e. The molecule has 1 aliphatic rings. The van der Waals surface area contributed by atoms with E-state index in [1.54, 1.807) is 0 Å². The molecule has 0 aliphatic heterocycles. The fraction of sp³-hybridized carbons (Fsp3) is 0.667. The molecule has 0 spiro atoms. The molecule has 0 amide bonds. The summed E-state index contributed by atoms with van der Waals surface area (Å²) in [6.45, 7) is 7.67. The van der Waals surface area contributed by atoms with E-state index in [9.17, 15) is 0 Å². The lowest BCUT2D eigenvalue weighted by molar-refractivity contribution is 0.391. The first-order chi connectivity index (χ1) is 8.74. The monoisotopic (exact) mass is 247 g/mol. The van der Waals surface area contributed by atoms with Crippen LogP contribution >= 0.6 is 0 Å². The SMILES string of the molecule is CCNc1cccc(NC2CCC(CC)C2C)n1. The van der Waals surface area contributed by atoms with Crippen molar-refractivity contribution >= 4 is 11.6 Å². The summed E-state index contributed by atoms with van der Waals surface area (Å²) < 4.78 is 0. The molecule has 0 saturated heterocycles. The fourth-order valence-corrected chi connectivity index (χ4v) is 3.01. The number of nitrogens with zero attached hydrogens (tertiary/aromatic N) is 1. The van der Waals surface area contributed by atoms with E-state index in [2.05, 4.69) is 48.5 Å². The molecule has 100 valence electrons. The number of hydrogen-bond acceptors (Lipinski definition) is 3. The van der Waals surface area contributed by atoms with E-state index >= 15 is 0 Å². The summed E-state index contributed by atoms with van der Waals surface area (Å²) in [5, 5.41) is 6.86. The first-order valence-corrected chi connectivity index (χ1v) is 7.22. The minimum atomic E-state index is 0.583. The first kappa shape index (κ1) is 13.2. The van der Waals surface area contributed by atoms with Gasteiger partial charge in [0.05, 0.1) is 0 Å². The highest BCUT2D eigenvalue weighted by molar-refractivity contribution is 5.45. The topological polar surface area (TPSA) is 37.0 Å². The maximum absolute atomic E-state index is 4.59. The summed E-state index contributed by atoms with van der Waals surface area (Å²) in [5.41, 5.74) is 0. The standard InChI is InChI=1S/C15H25N3/c1-4-12-9-10-13(11(12)3)17-15-8-6-7-14(18-15)16-5-2/h6-8,11-13H,4-5,9-10H2,1-3H3,(H2,16,17,18). The van der Waals surface area contributed by atoms with Crippen molar-refractivity contribution in [3.8, 4) is 0 Å². The highest BCUT2D eigenvalue weighted by Gasteiger charge is 2.31. The molecule has 3 nitrogen and oxygen atoms in total. The van der Waals surface area contributed by atoms with Gasteiger partial charge < -0.3 is 10.6 Å². The largest absolute Gasteiger partial charge is 0.370 e. The van der Waals surface area contributed by atoms with Gasteiger partial charge in [-0.05, 0) is 43.7 Å². The van der Waals surface area contributed by atoms with Crippen molar-refractivity contribution in [1.29, 1.82) is 0 Å². The van der Waals surface area contributed by atoms with Gasteiger partial charge in [0.2, 0.25) is 0 Å². The van der Waals surface area contributed by atoms with E-state index in [1.807, 2.05) is 6.07 Å². The Morgan fingerprint density at radius 1 is 1.22 bits per heavy atom. The maximum atomic E-state index is 4.59. The molecule has 0 radical (unpaired) electrons. The number of nitrogens with one attached hydrogen (secondary N) is 2. The minimum absolute atomic E-state index is 0.583. The van der Waals surface area contributed by atoms with Gasteiger partial charge in [0.1, 0.15) is 11.6 Å². The van der Waals surface area contributed by atoms with E-state index in [-0.39, 0.29) is 0 Å². The van der Waals surface area contributed by atoms with Gasteiger partial charge in [0.15, 0.2) is 0 Å². The van der Waals surface area contributed by atoms with Crippen LogP contribution in [0.5, 0.6) is 0 Å². The molecule has 1 heterocycles. The van der Waals surface area contributed by atoms with Gasteiger partial charge in [-0.3, -0.25) is 0 Å². The Morgan fingerprint density at radius 3 is 2.67 bits per heavy atom. The van der Waals surface area contributed by atoms with Crippen molar-refractivity contribution in [3.05, 3.63) is 18.2 Å². The zero-order valence-corrected chi connectivity index (χ0v) is 11.7. The van der Waals surface area contributed by atoms with Gasteiger partial charge in [-0.15, -0.1) is 0 Å². The number of pyridine rings is 1. The molecule has 0 bridgehead atoms. The molecule has 3 unspecified atom stereocenters. The highest BCUT2D eigenvalue weighted by atomic mass is 15.1. The van der Waals surface area contributed by atoms with E-state index in [1.165, 1.54) is 19.3 Å². The molecule has 0 aromatic carbocycles. The number of anilines is 2. The predicted octanol–water partition coefficient (Wildman–Crippen LogP) is 3.75. The summed E-state index contributed by atoms with van der Waals surface area (Å²) in [6, 6.07) is 6.72. The summed E-state index contributed by atoms with van der Waals surface area (Å²) in [6.07, 6.45) is 3.92. The number of rotatable bonds is 5. The lowest BCUT2D eigenvalue weighted by Crippen LogP contribution is -2.25. The normalized spacial score (nSPS) is 27.2. The third-order valence-corrected chi connectivity index (χ3v) is 4.19. The Bertz CT molecular complexity index is 378. The summed E-state index contributed by atoms with van der Waals surface area (Å²) >= 11 is 0. The van der Waals surface area contributed by atoms with Crippen LogP contribution in [-0.2, 0) is 0 Å². The molecule has 3 atom stereocenters. The van der Waals surface area contributed by atoms with E-state index < -0.39 is 0 Å². The Kier molecular flexibility index (Phi) is 4.45. The van der Waals surface area contributed by atoms with Crippen molar-refractivity contribution in [2.45, 2.75) is 46.1 Å². The van der Waals surface area contributed by atoms with Crippen LogP contribution in [0.25, 0.3) is 0 Å². The molecule has 2 rings (SSSR count). The summed E-state index contributed by atoms with van der Waals surface area (Å²) in [5.74, 6) is 3.58. The van der Waals surface area contributed by atoms with Crippen molar-refractivity contribution < 1.29 is 0 Å².